The molecule has 0 aliphatic carbocycles. The van der Waals surface area contributed by atoms with Crippen LogP contribution in [0.1, 0.15) is 38.1 Å². The third-order valence-corrected chi connectivity index (χ3v) is 8.63. The van der Waals surface area contributed by atoms with Gasteiger partial charge in [-0.1, -0.05) is 18.2 Å². The molecule has 0 unspecified atom stereocenters. The smallest absolute Gasteiger partial charge is 0.389 e. The lowest BCUT2D eigenvalue weighted by Crippen LogP contribution is -2.57. The number of halogens is 3. The Morgan fingerprint density at radius 1 is 0.932 bits per heavy atom. The van der Waals surface area contributed by atoms with E-state index in [1.54, 1.807) is 0 Å². The first-order valence-electron chi connectivity index (χ1n) is 15.4. The van der Waals surface area contributed by atoms with Gasteiger partial charge in [-0.05, 0) is 81.7 Å². The van der Waals surface area contributed by atoms with Crippen molar-refractivity contribution in [2.75, 3.05) is 51.5 Å². The zero-order valence-corrected chi connectivity index (χ0v) is 24.7. The number of benzene rings is 2. The van der Waals surface area contributed by atoms with Gasteiger partial charge in [0.05, 0.1) is 11.4 Å². The van der Waals surface area contributed by atoms with E-state index in [0.717, 1.165) is 92.3 Å². The molecule has 2 aromatic heterocycles. The van der Waals surface area contributed by atoms with Crippen LogP contribution in [0.3, 0.4) is 0 Å². The number of alkyl halides is 3. The van der Waals surface area contributed by atoms with Gasteiger partial charge in [-0.25, -0.2) is 14.6 Å². The van der Waals surface area contributed by atoms with Gasteiger partial charge >= 0.3 is 6.18 Å². The second-order valence-corrected chi connectivity index (χ2v) is 11.7. The van der Waals surface area contributed by atoms with E-state index in [4.69, 9.17) is 15.6 Å². The van der Waals surface area contributed by atoms with Gasteiger partial charge in [-0.3, -0.25) is 4.90 Å². The van der Waals surface area contributed by atoms with Crippen molar-refractivity contribution in [1.29, 1.82) is 0 Å². The van der Waals surface area contributed by atoms with Crippen molar-refractivity contribution in [3.05, 3.63) is 60.9 Å². The van der Waals surface area contributed by atoms with Crippen molar-refractivity contribution in [2.24, 2.45) is 0 Å². The van der Waals surface area contributed by atoms with Gasteiger partial charge in [0.15, 0.2) is 5.65 Å². The molecule has 0 spiro atoms. The first-order valence-corrected chi connectivity index (χ1v) is 15.4. The second kappa shape index (κ2) is 13.5. The minimum absolute atomic E-state index is 0.158. The van der Waals surface area contributed by atoms with Crippen molar-refractivity contribution in [3.8, 4) is 22.8 Å². The van der Waals surface area contributed by atoms with E-state index in [-0.39, 0.29) is 12.5 Å². The number of likely N-dealkylation sites (tertiary alicyclic amines) is 1. The summed E-state index contributed by atoms with van der Waals surface area (Å²) in [5.41, 5.74) is 8.76. The minimum Gasteiger partial charge on any atom is -0.457 e. The molecule has 6 rings (SSSR count). The van der Waals surface area contributed by atoms with Gasteiger partial charge < -0.3 is 20.7 Å². The summed E-state index contributed by atoms with van der Waals surface area (Å²) in [6.07, 6.45) is -0.373. The van der Waals surface area contributed by atoms with E-state index in [0.29, 0.717) is 18.4 Å². The number of nitrogens with two attached hydrogens (primary N) is 1. The number of anilines is 1. The lowest BCUT2D eigenvalue weighted by molar-refractivity contribution is -0.136. The number of hydrogen-bond donors (Lipinski definition) is 2. The number of nitrogens with one attached hydrogen (secondary N) is 1. The Morgan fingerprint density at radius 2 is 1.64 bits per heavy atom. The lowest BCUT2D eigenvalue weighted by Gasteiger charge is -2.39. The van der Waals surface area contributed by atoms with E-state index in [1.807, 2.05) is 59.3 Å². The molecule has 2 aliphatic rings. The summed E-state index contributed by atoms with van der Waals surface area (Å²) < 4.78 is 46.0. The van der Waals surface area contributed by atoms with Crippen LogP contribution in [0.2, 0.25) is 0 Å². The molecule has 0 radical (unpaired) electrons. The average molecular weight is 609 g/mol. The number of nitrogens with zero attached hydrogens (tertiary/aromatic N) is 6. The molecule has 9 nitrogen and oxygen atoms in total. The fourth-order valence-corrected chi connectivity index (χ4v) is 6.13. The van der Waals surface area contributed by atoms with Crippen molar-refractivity contribution < 1.29 is 17.9 Å². The number of piperidine rings is 1. The van der Waals surface area contributed by atoms with Crippen molar-refractivity contribution in [2.45, 2.75) is 50.4 Å². The lowest BCUT2D eigenvalue weighted by atomic mass is 10.0. The van der Waals surface area contributed by atoms with Gasteiger partial charge in [0, 0.05) is 44.2 Å². The first kappa shape index (κ1) is 30.3. The minimum atomic E-state index is -4.09. The summed E-state index contributed by atoms with van der Waals surface area (Å²) in [6.45, 7) is 5.81. The molecule has 44 heavy (non-hydrogen) atoms. The van der Waals surface area contributed by atoms with Gasteiger partial charge in [-0.15, -0.1) is 0 Å². The van der Waals surface area contributed by atoms with Crippen LogP contribution in [0.25, 0.3) is 22.3 Å². The van der Waals surface area contributed by atoms with Crippen LogP contribution in [-0.2, 0) is 0 Å². The third kappa shape index (κ3) is 7.31. The van der Waals surface area contributed by atoms with Crippen LogP contribution >= 0.6 is 0 Å². The maximum Gasteiger partial charge on any atom is 0.389 e. The maximum atomic E-state index is 12.7. The van der Waals surface area contributed by atoms with Crippen LogP contribution in [0.4, 0.5) is 19.0 Å². The molecule has 0 amide bonds. The summed E-state index contributed by atoms with van der Waals surface area (Å²) in [6, 6.07) is 18.0. The van der Waals surface area contributed by atoms with Gasteiger partial charge in [0.1, 0.15) is 29.3 Å². The monoisotopic (exact) mass is 608 g/mol. The Kier molecular flexibility index (Phi) is 9.29. The van der Waals surface area contributed by atoms with E-state index < -0.39 is 12.6 Å². The summed E-state index contributed by atoms with van der Waals surface area (Å²) >= 11 is 0. The molecule has 2 fully saturated rings. The summed E-state index contributed by atoms with van der Waals surface area (Å²) in [5, 5.41) is 9.03. The number of nitrogen functional groups attached to an aromatic ring is 1. The van der Waals surface area contributed by atoms with E-state index in [1.165, 1.54) is 6.33 Å². The van der Waals surface area contributed by atoms with E-state index in [9.17, 15) is 13.2 Å². The Bertz CT molecular complexity index is 1500. The molecular formula is C32H39F3N8O. The van der Waals surface area contributed by atoms with E-state index >= 15 is 0 Å². The summed E-state index contributed by atoms with van der Waals surface area (Å²) in [7, 11) is 0. The SMILES string of the molecule is Nc1ncnc2c1c(-c1ccc(Oc3ccccc3)cc1)nn2C1CCN(CCCN(CCCC(F)(F)F)C2CNC2)CC1. The summed E-state index contributed by atoms with van der Waals surface area (Å²) in [5.74, 6) is 1.90. The quantitative estimate of drug-likeness (QED) is 0.217. The summed E-state index contributed by atoms with van der Waals surface area (Å²) in [4.78, 5) is 13.5. The second-order valence-electron chi connectivity index (χ2n) is 11.7. The molecule has 0 saturated carbocycles. The molecule has 0 atom stereocenters. The Balaban J connectivity index is 1.07. The first-order chi connectivity index (χ1) is 21.3. The van der Waals surface area contributed by atoms with Crippen LogP contribution < -0.4 is 15.8 Å². The molecule has 2 saturated heterocycles. The highest BCUT2D eigenvalue weighted by molar-refractivity contribution is 5.98. The van der Waals surface area contributed by atoms with Crippen LogP contribution in [0, 0.1) is 0 Å². The number of fused-ring (bicyclic) bond motifs is 1. The predicted molar refractivity (Wildman–Crippen MR) is 165 cm³/mol. The Morgan fingerprint density at radius 3 is 2.32 bits per heavy atom. The molecule has 12 heteroatoms. The third-order valence-electron chi connectivity index (χ3n) is 8.63. The van der Waals surface area contributed by atoms with Crippen LogP contribution in [-0.4, -0.2) is 87.6 Å². The average Bonchev–Trinajstić information content (AvgIpc) is 3.38. The molecule has 234 valence electrons. The molecule has 2 aliphatic heterocycles. The highest BCUT2D eigenvalue weighted by atomic mass is 19.4. The molecule has 4 aromatic rings. The Hall–Kier alpha value is -3.74. The van der Waals surface area contributed by atoms with Crippen molar-refractivity contribution >= 4 is 16.9 Å². The number of hydrogen-bond acceptors (Lipinski definition) is 8. The van der Waals surface area contributed by atoms with Crippen molar-refractivity contribution in [3.63, 3.8) is 0 Å². The number of ether oxygens (including phenoxy) is 1. The zero-order valence-electron chi connectivity index (χ0n) is 24.7. The van der Waals surface area contributed by atoms with Crippen molar-refractivity contribution in [1.82, 2.24) is 34.9 Å². The molecule has 3 N–H and O–H groups in total. The van der Waals surface area contributed by atoms with Crippen LogP contribution in [0.5, 0.6) is 11.5 Å². The van der Waals surface area contributed by atoms with Crippen LogP contribution in [0.15, 0.2) is 60.9 Å². The Labute approximate surface area is 255 Å². The van der Waals surface area contributed by atoms with E-state index in [2.05, 4.69) is 25.1 Å². The fourth-order valence-electron chi connectivity index (χ4n) is 6.13. The predicted octanol–water partition coefficient (Wildman–Crippen LogP) is 5.51. The molecular weight excluding hydrogens is 569 g/mol. The number of para-hydroxylation sites is 1. The molecule has 0 bridgehead atoms. The highest BCUT2D eigenvalue weighted by Crippen LogP contribution is 2.35. The van der Waals surface area contributed by atoms with Gasteiger partial charge in [-0.2, -0.15) is 18.3 Å². The largest absolute Gasteiger partial charge is 0.457 e. The van der Waals surface area contributed by atoms with Gasteiger partial charge in [0.2, 0.25) is 0 Å². The maximum absolute atomic E-state index is 12.7. The molecule has 2 aromatic carbocycles. The normalized spacial score (nSPS) is 16.9. The van der Waals surface area contributed by atoms with Gasteiger partial charge in [0.25, 0.3) is 0 Å². The standard InChI is InChI=1S/C32H39F3N8O/c33-32(34,35)14-4-16-42(25-20-37-21-25)17-5-15-41-18-12-24(13-19-41)43-31-28(30(36)38-22-39-31)29(40-43)23-8-10-27(11-9-23)44-26-6-2-1-3-7-26/h1-3,6-11,22,24-25,37H,4-5,12-21H2,(H2,36,38,39). The highest BCUT2D eigenvalue weighted by Gasteiger charge is 2.30. The topological polar surface area (TPSA) is 97.4 Å². The zero-order chi connectivity index (χ0) is 30.5. The molecule has 4 heterocycles. The fraction of sp³-hybridized carbons (Fsp3) is 0.469. The number of aromatic nitrogens is 4. The number of rotatable bonds is 12.